The van der Waals surface area contributed by atoms with Crippen molar-refractivity contribution in [2.24, 2.45) is 17.6 Å². The fourth-order valence-electron chi connectivity index (χ4n) is 2.83. The Hall–Kier alpha value is -1.51. The fraction of sp³-hybridized carbons (Fsp3) is 0.533. The molecule has 1 aromatic rings. The number of urea groups is 1. The lowest BCUT2D eigenvalue weighted by Crippen LogP contribution is -2.35. The van der Waals surface area contributed by atoms with Gasteiger partial charge in [0.05, 0.1) is 0 Å². The number of benzene rings is 1. The molecule has 1 saturated carbocycles. The minimum atomic E-state index is -0.401. The minimum Gasteiger partial charge on any atom is -0.352 e. The monoisotopic (exact) mass is 246 g/mol. The molecule has 0 heterocycles. The zero-order chi connectivity index (χ0) is 12.8. The summed E-state index contributed by atoms with van der Waals surface area (Å²) in [5.74, 6) is 1.42. The average molecular weight is 246 g/mol. The van der Waals surface area contributed by atoms with Gasteiger partial charge in [-0.05, 0) is 49.5 Å². The Balaban J connectivity index is 1.72. The van der Waals surface area contributed by atoms with Gasteiger partial charge < -0.3 is 11.1 Å². The molecule has 2 amide bonds. The first-order valence-electron chi connectivity index (χ1n) is 6.81. The molecule has 1 aliphatic carbocycles. The van der Waals surface area contributed by atoms with Crippen LogP contribution in [0.1, 0.15) is 31.2 Å². The van der Waals surface area contributed by atoms with Gasteiger partial charge in [-0.1, -0.05) is 30.3 Å². The molecule has 3 heteroatoms. The van der Waals surface area contributed by atoms with E-state index in [-0.39, 0.29) is 0 Å². The molecule has 3 N–H and O–H groups in total. The third kappa shape index (κ3) is 4.06. The summed E-state index contributed by atoms with van der Waals surface area (Å²) >= 11 is 0. The van der Waals surface area contributed by atoms with Gasteiger partial charge in [0.25, 0.3) is 0 Å². The Morgan fingerprint density at radius 2 is 1.72 bits per heavy atom. The first kappa shape index (κ1) is 12.9. The molecule has 1 aliphatic rings. The van der Waals surface area contributed by atoms with Gasteiger partial charge in [-0.2, -0.15) is 0 Å². The van der Waals surface area contributed by atoms with Crippen LogP contribution in [0.2, 0.25) is 0 Å². The Morgan fingerprint density at radius 1 is 1.11 bits per heavy atom. The van der Waals surface area contributed by atoms with Crippen molar-refractivity contribution in [1.82, 2.24) is 5.32 Å². The zero-order valence-corrected chi connectivity index (χ0v) is 10.8. The normalized spacial score (nSPS) is 23.6. The second kappa shape index (κ2) is 6.43. The molecule has 1 fully saturated rings. The minimum absolute atomic E-state index is 0.401. The van der Waals surface area contributed by atoms with Crippen LogP contribution in [0.15, 0.2) is 30.3 Å². The molecule has 98 valence electrons. The van der Waals surface area contributed by atoms with E-state index in [1.165, 1.54) is 37.7 Å². The molecule has 0 saturated heterocycles. The van der Waals surface area contributed by atoms with Crippen LogP contribution in [-0.4, -0.2) is 12.6 Å². The van der Waals surface area contributed by atoms with Crippen molar-refractivity contribution in [1.29, 1.82) is 0 Å². The van der Waals surface area contributed by atoms with Crippen LogP contribution >= 0.6 is 0 Å². The van der Waals surface area contributed by atoms with Crippen molar-refractivity contribution in [3.63, 3.8) is 0 Å². The first-order valence-corrected chi connectivity index (χ1v) is 6.81. The molecule has 0 aliphatic heterocycles. The quantitative estimate of drug-likeness (QED) is 0.843. The maximum atomic E-state index is 10.7. The van der Waals surface area contributed by atoms with Crippen molar-refractivity contribution in [3.05, 3.63) is 35.9 Å². The summed E-state index contributed by atoms with van der Waals surface area (Å²) < 4.78 is 0. The fourth-order valence-corrected chi connectivity index (χ4v) is 2.83. The lowest BCUT2D eigenvalue weighted by Gasteiger charge is -2.28. The highest BCUT2D eigenvalue weighted by Gasteiger charge is 2.21. The van der Waals surface area contributed by atoms with Crippen molar-refractivity contribution in [2.75, 3.05) is 6.54 Å². The summed E-state index contributed by atoms with van der Waals surface area (Å²) in [4.78, 5) is 10.7. The van der Waals surface area contributed by atoms with E-state index in [0.29, 0.717) is 5.92 Å². The zero-order valence-electron chi connectivity index (χ0n) is 10.8. The first-order chi connectivity index (χ1) is 8.74. The average Bonchev–Trinajstić information content (AvgIpc) is 2.39. The Morgan fingerprint density at radius 3 is 2.33 bits per heavy atom. The van der Waals surface area contributed by atoms with E-state index >= 15 is 0 Å². The number of amides is 2. The molecular formula is C15H22N2O. The van der Waals surface area contributed by atoms with Crippen LogP contribution in [0.4, 0.5) is 4.79 Å². The van der Waals surface area contributed by atoms with Crippen LogP contribution in [-0.2, 0) is 6.42 Å². The van der Waals surface area contributed by atoms with E-state index in [0.717, 1.165) is 12.5 Å². The number of hydrogen-bond donors (Lipinski definition) is 2. The summed E-state index contributed by atoms with van der Waals surface area (Å²) in [7, 11) is 0. The van der Waals surface area contributed by atoms with Crippen LogP contribution < -0.4 is 11.1 Å². The number of carbonyl (C=O) groups excluding carboxylic acids is 1. The number of hydrogen-bond acceptors (Lipinski definition) is 1. The maximum absolute atomic E-state index is 10.7. The number of carbonyl (C=O) groups is 1. The highest BCUT2D eigenvalue weighted by Crippen LogP contribution is 2.30. The number of primary amides is 1. The second-order valence-corrected chi connectivity index (χ2v) is 5.32. The van der Waals surface area contributed by atoms with Crippen LogP contribution in [0, 0.1) is 11.8 Å². The standard InChI is InChI=1S/C15H22N2O/c16-15(18)17-11-14-8-6-13(7-9-14)10-12-4-2-1-3-5-12/h1-5,13-14H,6-11H2,(H3,16,17,18). The summed E-state index contributed by atoms with van der Waals surface area (Å²) in [6.07, 6.45) is 6.13. The molecule has 2 rings (SSSR count). The Kier molecular flexibility index (Phi) is 4.62. The Bertz CT molecular complexity index is 369. The molecule has 18 heavy (non-hydrogen) atoms. The lowest BCUT2D eigenvalue weighted by atomic mass is 9.79. The predicted molar refractivity (Wildman–Crippen MR) is 73.2 cm³/mol. The van der Waals surface area contributed by atoms with Gasteiger partial charge in [0.15, 0.2) is 0 Å². The van der Waals surface area contributed by atoms with E-state index < -0.39 is 6.03 Å². The lowest BCUT2D eigenvalue weighted by molar-refractivity contribution is 0.237. The summed E-state index contributed by atoms with van der Waals surface area (Å²) in [6.45, 7) is 0.743. The van der Waals surface area contributed by atoms with Gasteiger partial charge >= 0.3 is 6.03 Å². The van der Waals surface area contributed by atoms with Gasteiger partial charge in [0, 0.05) is 6.54 Å². The van der Waals surface area contributed by atoms with E-state index in [9.17, 15) is 4.79 Å². The van der Waals surface area contributed by atoms with E-state index in [1.54, 1.807) is 0 Å². The van der Waals surface area contributed by atoms with Gasteiger partial charge in [-0.3, -0.25) is 0 Å². The van der Waals surface area contributed by atoms with Crippen molar-refractivity contribution >= 4 is 6.03 Å². The molecule has 0 bridgehead atoms. The maximum Gasteiger partial charge on any atom is 0.312 e. The summed E-state index contributed by atoms with van der Waals surface area (Å²) in [5, 5.41) is 2.72. The third-order valence-corrected chi connectivity index (χ3v) is 3.90. The highest BCUT2D eigenvalue weighted by molar-refractivity contribution is 5.71. The van der Waals surface area contributed by atoms with Gasteiger partial charge in [0.1, 0.15) is 0 Å². The van der Waals surface area contributed by atoms with Gasteiger partial charge in [-0.25, -0.2) is 4.79 Å². The molecule has 0 unspecified atom stereocenters. The molecule has 0 spiro atoms. The predicted octanol–water partition coefficient (Wildman–Crippen LogP) is 2.70. The number of nitrogens with one attached hydrogen (secondary N) is 1. The largest absolute Gasteiger partial charge is 0.352 e. The van der Waals surface area contributed by atoms with Crippen LogP contribution in [0.3, 0.4) is 0 Å². The molecule has 0 radical (unpaired) electrons. The van der Waals surface area contributed by atoms with E-state index in [1.807, 2.05) is 0 Å². The number of nitrogens with two attached hydrogens (primary N) is 1. The van der Waals surface area contributed by atoms with E-state index in [4.69, 9.17) is 5.73 Å². The SMILES string of the molecule is NC(=O)NCC1CCC(Cc2ccccc2)CC1. The van der Waals surface area contributed by atoms with Crippen molar-refractivity contribution in [2.45, 2.75) is 32.1 Å². The van der Waals surface area contributed by atoms with Crippen molar-refractivity contribution in [3.8, 4) is 0 Å². The highest BCUT2D eigenvalue weighted by atomic mass is 16.2. The van der Waals surface area contributed by atoms with Gasteiger partial charge in [-0.15, -0.1) is 0 Å². The molecule has 0 aromatic heterocycles. The molecule has 3 nitrogen and oxygen atoms in total. The van der Waals surface area contributed by atoms with Crippen LogP contribution in [0.25, 0.3) is 0 Å². The topological polar surface area (TPSA) is 55.1 Å². The third-order valence-electron chi connectivity index (χ3n) is 3.90. The van der Waals surface area contributed by atoms with Crippen LogP contribution in [0.5, 0.6) is 0 Å². The smallest absolute Gasteiger partial charge is 0.312 e. The van der Waals surface area contributed by atoms with Crippen molar-refractivity contribution < 1.29 is 4.79 Å². The molecule has 0 atom stereocenters. The second-order valence-electron chi connectivity index (χ2n) is 5.32. The summed E-state index contributed by atoms with van der Waals surface area (Å²) in [6, 6.07) is 10.3. The Labute approximate surface area is 109 Å². The summed E-state index contributed by atoms with van der Waals surface area (Å²) in [5.41, 5.74) is 6.53. The van der Waals surface area contributed by atoms with Gasteiger partial charge in [0.2, 0.25) is 0 Å². The molecule has 1 aromatic carbocycles. The molecular weight excluding hydrogens is 224 g/mol. The number of rotatable bonds is 4. The van der Waals surface area contributed by atoms with E-state index in [2.05, 4.69) is 35.6 Å².